The molecule has 0 amide bonds. The zero-order valence-corrected chi connectivity index (χ0v) is 53.2. The molecule has 0 fully saturated rings. The van der Waals surface area contributed by atoms with Crippen molar-refractivity contribution in [3.8, 4) is 22.3 Å². The van der Waals surface area contributed by atoms with Crippen molar-refractivity contribution in [3.63, 3.8) is 0 Å². The number of halogens is 2. The maximum atomic E-state index is 9.35. The van der Waals surface area contributed by atoms with Crippen LogP contribution in [0, 0.1) is 0 Å². The van der Waals surface area contributed by atoms with Crippen molar-refractivity contribution in [3.05, 3.63) is 166 Å². The summed E-state index contributed by atoms with van der Waals surface area (Å²) < 4.78 is -0.201. The Morgan fingerprint density at radius 3 is 1.00 bits per heavy atom. The number of allylic oxidation sites excluding steroid dienone is 2. The second kappa shape index (κ2) is 18.4. The van der Waals surface area contributed by atoms with Gasteiger partial charge in [0.25, 0.3) is 0 Å². The molecule has 8 heteroatoms. The van der Waals surface area contributed by atoms with E-state index in [9.17, 15) is 17.0 Å². The topological polar surface area (TPSA) is 0 Å². The standard InChI is InChI=1S/2C29H35Si2.C2H7Si.2ClH.Zr/c2*1-8-21-14-15-23-16-24(22-12-10-9-11-13-22)19-28(23)29(21)25-17-26(30(2,3)4)20-27(18-25)31(5,6)7;1-3-2;;;/h2*9-20H,8H2,1-7H3;3H,1-2H3;2*1H;/q;;;;;+2/p-2. The van der Waals surface area contributed by atoms with E-state index in [-0.39, 0.29) is 7.25 Å². The minimum absolute atomic E-state index is 0.101. The van der Waals surface area contributed by atoms with Gasteiger partial charge in [-0.15, -0.1) is 0 Å². The number of hydrogen-bond acceptors (Lipinski definition) is 0. The molecule has 0 saturated carbocycles. The van der Waals surface area contributed by atoms with Crippen LogP contribution < -0.4 is 20.7 Å². The van der Waals surface area contributed by atoms with Crippen molar-refractivity contribution in [2.24, 2.45) is 0 Å². The fraction of sp³-hybridized carbons (Fsp3) is 0.333. The summed E-state index contributed by atoms with van der Waals surface area (Å²) in [5.74, 6) is -1.92. The van der Waals surface area contributed by atoms with Crippen molar-refractivity contribution >= 4 is 99.3 Å². The van der Waals surface area contributed by atoms with Gasteiger partial charge in [0.2, 0.25) is 0 Å². The van der Waals surface area contributed by atoms with Gasteiger partial charge in [0, 0.05) is 0 Å². The molecular formula is C60H77Cl2Si5Zr. The fourth-order valence-electron chi connectivity index (χ4n) is 11.3. The molecule has 0 radical (unpaired) electrons. The van der Waals surface area contributed by atoms with Crippen LogP contribution in [-0.2, 0) is 28.4 Å². The third kappa shape index (κ3) is 9.23. The molecule has 355 valence electrons. The molecular weight excluding hydrogens is 1020 g/mol. The Kier molecular flexibility index (Phi) is 14.0. The number of rotatable bonds is 13. The first-order valence-corrected chi connectivity index (χ1v) is 55.7. The van der Waals surface area contributed by atoms with Gasteiger partial charge in [-0.05, 0) is 0 Å². The summed E-state index contributed by atoms with van der Waals surface area (Å²) in [5, 5.41) is 6.16. The molecule has 0 bridgehead atoms. The van der Waals surface area contributed by atoms with E-state index in [2.05, 4.69) is 239 Å². The molecule has 0 aliphatic heterocycles. The van der Waals surface area contributed by atoms with Crippen LogP contribution in [-0.4, -0.2) is 38.2 Å². The molecule has 0 spiro atoms. The van der Waals surface area contributed by atoms with Crippen molar-refractivity contribution in [1.29, 1.82) is 0 Å². The summed E-state index contributed by atoms with van der Waals surface area (Å²) in [5.41, 5.74) is 18.8. The Hall–Kier alpha value is -2.65. The second-order valence-corrected chi connectivity index (χ2v) is 87.5. The maximum absolute atomic E-state index is 9.35. The normalized spacial score (nSPS) is 17.1. The van der Waals surface area contributed by atoms with E-state index < -0.39 is 53.8 Å². The van der Waals surface area contributed by atoms with E-state index in [1.165, 1.54) is 98.7 Å². The number of aryl methyl sites for hydroxylation is 2. The van der Waals surface area contributed by atoms with Gasteiger partial charge in [0.15, 0.2) is 0 Å². The first-order valence-electron chi connectivity index (χ1n) is 25.4. The predicted molar refractivity (Wildman–Crippen MR) is 319 cm³/mol. The van der Waals surface area contributed by atoms with Gasteiger partial charge in [-0.25, -0.2) is 0 Å². The second-order valence-electron chi connectivity index (χ2n) is 24.7. The van der Waals surface area contributed by atoms with Crippen LogP contribution in [0.5, 0.6) is 0 Å². The predicted octanol–water partition coefficient (Wildman–Crippen LogP) is 16.2. The molecule has 0 nitrogen and oxygen atoms in total. The van der Waals surface area contributed by atoms with Crippen molar-refractivity contribution in [2.75, 3.05) is 0 Å². The van der Waals surface area contributed by atoms with E-state index in [0.717, 1.165) is 12.8 Å². The molecule has 0 heterocycles. The van der Waals surface area contributed by atoms with Crippen molar-refractivity contribution in [1.82, 2.24) is 0 Å². The zero-order valence-electron chi connectivity index (χ0n) is 44.1. The summed E-state index contributed by atoms with van der Waals surface area (Å²) >= 11 is -5.39. The van der Waals surface area contributed by atoms with E-state index >= 15 is 0 Å². The minimum atomic E-state index is -5.39. The molecule has 2 aliphatic rings. The van der Waals surface area contributed by atoms with Crippen LogP contribution in [0.3, 0.4) is 0 Å². The first kappa shape index (κ1) is 51.7. The third-order valence-electron chi connectivity index (χ3n) is 15.7. The molecule has 2 aliphatic carbocycles. The zero-order chi connectivity index (χ0) is 49.5. The number of benzene rings is 6. The quantitative estimate of drug-likeness (QED) is 0.101. The summed E-state index contributed by atoms with van der Waals surface area (Å²) in [4.78, 5) is 0. The van der Waals surface area contributed by atoms with Gasteiger partial charge in [-0.1, -0.05) is 0 Å². The SMILES string of the molecule is CCc1ccc2c(c1-c1cc([Si](C)(C)C)cc([Si](C)(C)C)c1)C=C(c1ccccc1)[CH]2[Zr]([Cl])([Cl])([CH]1C(c2ccccc2)=Cc2c1ccc(CC)c2-c1cc([Si](C)(C)C)cc([Si](C)(C)C)c1)[SiH](C)C. The van der Waals surface area contributed by atoms with Gasteiger partial charge in [-0.2, -0.15) is 0 Å². The average Bonchev–Trinajstić information content (AvgIpc) is 3.88. The Balaban J connectivity index is 1.48. The van der Waals surface area contributed by atoms with E-state index in [1.54, 1.807) is 0 Å². The molecule has 0 N–H and O–H groups in total. The summed E-state index contributed by atoms with van der Waals surface area (Å²) in [6.07, 6.45) is 7.05. The van der Waals surface area contributed by atoms with Crippen LogP contribution in [0.1, 0.15) is 65.6 Å². The van der Waals surface area contributed by atoms with Gasteiger partial charge in [0.05, 0.1) is 0 Å². The van der Waals surface area contributed by atoms with E-state index in [1.807, 2.05) is 0 Å². The number of fused-ring (bicyclic) bond motifs is 2. The molecule has 6 aromatic carbocycles. The summed E-state index contributed by atoms with van der Waals surface area (Å²) in [6, 6.07) is 47.6. The van der Waals surface area contributed by atoms with Crippen molar-refractivity contribution in [2.45, 2.75) is 126 Å². The Morgan fingerprint density at radius 1 is 0.426 bits per heavy atom. The molecule has 0 saturated heterocycles. The Bertz CT molecular complexity index is 2720. The third-order valence-corrected chi connectivity index (χ3v) is 75.3. The molecule has 2 atom stereocenters. The molecule has 2 unspecified atom stereocenters. The molecule has 68 heavy (non-hydrogen) atoms. The van der Waals surface area contributed by atoms with Crippen LogP contribution in [0.4, 0.5) is 0 Å². The monoisotopic (exact) mass is 1100 g/mol. The van der Waals surface area contributed by atoms with Gasteiger partial charge in [0.1, 0.15) is 0 Å². The van der Waals surface area contributed by atoms with Gasteiger partial charge >= 0.3 is 429 Å². The molecule has 8 rings (SSSR count). The Labute approximate surface area is 424 Å². The van der Waals surface area contributed by atoms with Crippen LogP contribution in [0.2, 0.25) is 91.7 Å². The van der Waals surface area contributed by atoms with E-state index in [0.29, 0.717) is 0 Å². The summed E-state index contributed by atoms with van der Waals surface area (Å²) in [7, 11) is 12.0. The number of hydrogen-bond donors (Lipinski definition) is 0. The average molecular weight is 1100 g/mol. The van der Waals surface area contributed by atoms with Crippen LogP contribution in [0.15, 0.2) is 121 Å². The van der Waals surface area contributed by atoms with Crippen LogP contribution in [0.25, 0.3) is 45.6 Å². The van der Waals surface area contributed by atoms with E-state index in [4.69, 9.17) is 0 Å². The first-order chi connectivity index (χ1) is 31.7. The summed E-state index contributed by atoms with van der Waals surface area (Å²) in [6.45, 7) is 39.7. The molecule has 0 aromatic heterocycles. The van der Waals surface area contributed by atoms with Crippen LogP contribution >= 0.6 is 17.0 Å². The Morgan fingerprint density at radius 2 is 0.735 bits per heavy atom. The molecule has 6 aromatic rings. The van der Waals surface area contributed by atoms with Gasteiger partial charge in [-0.3, -0.25) is 0 Å². The fourth-order valence-corrected chi connectivity index (χ4v) is 46.4. The van der Waals surface area contributed by atoms with Gasteiger partial charge < -0.3 is 0 Å². The van der Waals surface area contributed by atoms with Crippen molar-refractivity contribution < 1.29 is 15.6 Å².